The number of nitrogens with zero attached hydrogens (tertiary/aromatic N) is 3. The molecule has 1 fully saturated rings. The third kappa shape index (κ3) is 3.23. The van der Waals surface area contributed by atoms with Gasteiger partial charge < -0.3 is 0 Å². The summed E-state index contributed by atoms with van der Waals surface area (Å²) in [5.41, 5.74) is 4.42. The van der Waals surface area contributed by atoms with Crippen molar-refractivity contribution in [2.24, 2.45) is 0 Å². The largest absolute Gasteiger partial charge is 0.297 e. The van der Waals surface area contributed by atoms with E-state index in [1.54, 1.807) is 0 Å². The van der Waals surface area contributed by atoms with Crippen molar-refractivity contribution in [1.29, 1.82) is 0 Å². The van der Waals surface area contributed by atoms with Crippen molar-refractivity contribution >= 4 is 0 Å². The molecule has 3 nitrogen and oxygen atoms in total. The molecule has 0 spiro atoms. The van der Waals surface area contributed by atoms with Gasteiger partial charge in [-0.15, -0.1) is 0 Å². The Kier molecular flexibility index (Phi) is 4.07. The molecule has 1 aliphatic heterocycles. The molecule has 2 heterocycles. The topological polar surface area (TPSA) is 29.0 Å². The highest BCUT2D eigenvalue weighted by atomic mass is 15.2. The van der Waals surface area contributed by atoms with Crippen LogP contribution in [0.1, 0.15) is 30.5 Å². The second-order valence-corrected chi connectivity index (χ2v) is 5.61. The van der Waals surface area contributed by atoms with Gasteiger partial charge in [-0.3, -0.25) is 4.90 Å². The first kappa shape index (κ1) is 13.3. The summed E-state index contributed by atoms with van der Waals surface area (Å²) < 4.78 is 0. The van der Waals surface area contributed by atoms with E-state index >= 15 is 0 Å². The molecule has 0 atom stereocenters. The van der Waals surface area contributed by atoms with Crippen LogP contribution in [0.15, 0.2) is 36.4 Å². The minimum Gasteiger partial charge on any atom is -0.297 e. The molecule has 1 aliphatic rings. The summed E-state index contributed by atoms with van der Waals surface area (Å²) in [5.74, 6) is 0. The lowest BCUT2D eigenvalue weighted by molar-refractivity contribution is 0.218. The molecular formula is C17H21N3. The molecule has 0 radical (unpaired) electrons. The Hall–Kier alpha value is -1.74. The van der Waals surface area contributed by atoms with Crippen molar-refractivity contribution in [3.05, 3.63) is 47.7 Å². The monoisotopic (exact) mass is 267 g/mol. The predicted octanol–water partition coefficient (Wildman–Crippen LogP) is 3.44. The Morgan fingerprint density at radius 2 is 1.65 bits per heavy atom. The highest BCUT2D eigenvalue weighted by molar-refractivity contribution is 5.58. The SMILES string of the molecule is Cc1ccc(-c2ccc(CN3CCCCC3)nn2)cc1. The molecule has 0 N–H and O–H groups in total. The molecule has 1 aromatic heterocycles. The van der Waals surface area contributed by atoms with Gasteiger partial charge in [0.05, 0.1) is 11.4 Å². The quantitative estimate of drug-likeness (QED) is 0.853. The fourth-order valence-corrected chi connectivity index (χ4v) is 2.67. The Morgan fingerprint density at radius 3 is 2.30 bits per heavy atom. The Bertz CT molecular complexity index is 539. The van der Waals surface area contributed by atoms with Crippen LogP contribution < -0.4 is 0 Å². The number of likely N-dealkylation sites (tertiary alicyclic amines) is 1. The number of hydrogen-bond donors (Lipinski definition) is 0. The summed E-state index contributed by atoms with van der Waals surface area (Å²) in [4.78, 5) is 2.47. The number of piperidine rings is 1. The van der Waals surface area contributed by atoms with Crippen LogP contribution in [-0.4, -0.2) is 28.2 Å². The predicted molar refractivity (Wildman–Crippen MR) is 81.3 cm³/mol. The van der Waals surface area contributed by atoms with Gasteiger partial charge in [0.15, 0.2) is 0 Å². The first-order valence-corrected chi connectivity index (χ1v) is 7.43. The van der Waals surface area contributed by atoms with E-state index in [-0.39, 0.29) is 0 Å². The highest BCUT2D eigenvalue weighted by Gasteiger charge is 2.11. The smallest absolute Gasteiger partial charge is 0.0929 e. The Labute approximate surface area is 120 Å². The van der Waals surface area contributed by atoms with Crippen molar-refractivity contribution < 1.29 is 0 Å². The van der Waals surface area contributed by atoms with Gasteiger partial charge in [0.25, 0.3) is 0 Å². The molecule has 20 heavy (non-hydrogen) atoms. The standard InChI is InChI=1S/C17H21N3/c1-14-5-7-15(8-6-14)17-10-9-16(18-19-17)13-20-11-3-2-4-12-20/h5-10H,2-4,11-13H2,1H3. The maximum atomic E-state index is 4.38. The minimum atomic E-state index is 0.932. The maximum absolute atomic E-state index is 4.38. The van der Waals surface area contributed by atoms with Crippen molar-refractivity contribution in [1.82, 2.24) is 15.1 Å². The molecule has 104 valence electrons. The molecule has 0 amide bonds. The maximum Gasteiger partial charge on any atom is 0.0929 e. The van der Waals surface area contributed by atoms with E-state index in [4.69, 9.17) is 0 Å². The number of aryl methyl sites for hydroxylation is 1. The van der Waals surface area contributed by atoms with E-state index in [0.717, 1.165) is 23.5 Å². The summed E-state index contributed by atoms with van der Waals surface area (Å²) >= 11 is 0. The Morgan fingerprint density at radius 1 is 0.900 bits per heavy atom. The zero-order valence-corrected chi connectivity index (χ0v) is 12.0. The first-order chi connectivity index (χ1) is 9.81. The summed E-state index contributed by atoms with van der Waals surface area (Å²) in [6.07, 6.45) is 4.00. The number of rotatable bonds is 3. The fraction of sp³-hybridized carbons (Fsp3) is 0.412. The molecule has 1 saturated heterocycles. The van der Waals surface area contributed by atoms with Gasteiger partial charge in [0.1, 0.15) is 0 Å². The van der Waals surface area contributed by atoms with Crippen LogP contribution in [0.3, 0.4) is 0 Å². The normalized spacial score (nSPS) is 16.2. The zero-order valence-electron chi connectivity index (χ0n) is 12.0. The van der Waals surface area contributed by atoms with Crippen molar-refractivity contribution in [3.63, 3.8) is 0 Å². The summed E-state index contributed by atoms with van der Waals surface area (Å²) in [7, 11) is 0. The minimum absolute atomic E-state index is 0.932. The van der Waals surface area contributed by atoms with Crippen LogP contribution in [-0.2, 0) is 6.54 Å². The van der Waals surface area contributed by atoms with Crippen LogP contribution in [0.25, 0.3) is 11.3 Å². The number of benzene rings is 1. The fourth-order valence-electron chi connectivity index (χ4n) is 2.67. The van der Waals surface area contributed by atoms with E-state index in [9.17, 15) is 0 Å². The van der Waals surface area contributed by atoms with Crippen molar-refractivity contribution in [2.75, 3.05) is 13.1 Å². The molecule has 3 rings (SSSR count). The van der Waals surface area contributed by atoms with Crippen LogP contribution in [0.2, 0.25) is 0 Å². The summed E-state index contributed by atoms with van der Waals surface area (Å²) in [6, 6.07) is 12.6. The second-order valence-electron chi connectivity index (χ2n) is 5.61. The van der Waals surface area contributed by atoms with Crippen molar-refractivity contribution in [3.8, 4) is 11.3 Å². The second kappa shape index (κ2) is 6.14. The Balaban J connectivity index is 1.69. The van der Waals surface area contributed by atoms with Gasteiger partial charge in [-0.05, 0) is 45.0 Å². The van der Waals surface area contributed by atoms with Gasteiger partial charge in [0.2, 0.25) is 0 Å². The average molecular weight is 267 g/mol. The summed E-state index contributed by atoms with van der Waals surface area (Å²) in [5, 5.41) is 8.75. The molecule has 0 aliphatic carbocycles. The van der Waals surface area contributed by atoms with Gasteiger partial charge in [-0.25, -0.2) is 0 Å². The van der Waals surface area contributed by atoms with Gasteiger partial charge in [-0.1, -0.05) is 36.2 Å². The molecule has 2 aromatic rings. The molecule has 0 unspecified atom stereocenters. The van der Waals surface area contributed by atoms with Crippen LogP contribution in [0, 0.1) is 6.92 Å². The van der Waals surface area contributed by atoms with E-state index in [1.807, 2.05) is 0 Å². The lowest BCUT2D eigenvalue weighted by atomic mass is 10.1. The van der Waals surface area contributed by atoms with Crippen LogP contribution in [0.5, 0.6) is 0 Å². The first-order valence-electron chi connectivity index (χ1n) is 7.43. The highest BCUT2D eigenvalue weighted by Crippen LogP contribution is 2.17. The lowest BCUT2D eigenvalue weighted by Crippen LogP contribution is -2.29. The van der Waals surface area contributed by atoms with Gasteiger partial charge >= 0.3 is 0 Å². The number of hydrogen-bond acceptors (Lipinski definition) is 3. The summed E-state index contributed by atoms with van der Waals surface area (Å²) in [6.45, 7) is 5.42. The third-order valence-corrected chi connectivity index (χ3v) is 3.90. The van der Waals surface area contributed by atoms with E-state index in [2.05, 4.69) is 58.4 Å². The molecule has 0 saturated carbocycles. The van der Waals surface area contributed by atoms with Gasteiger partial charge in [0, 0.05) is 12.1 Å². The van der Waals surface area contributed by atoms with E-state index in [0.29, 0.717) is 0 Å². The van der Waals surface area contributed by atoms with Crippen molar-refractivity contribution in [2.45, 2.75) is 32.7 Å². The average Bonchev–Trinajstić information content (AvgIpc) is 2.50. The van der Waals surface area contributed by atoms with Crippen LogP contribution >= 0.6 is 0 Å². The third-order valence-electron chi connectivity index (χ3n) is 3.90. The molecular weight excluding hydrogens is 246 g/mol. The molecule has 0 bridgehead atoms. The molecule has 3 heteroatoms. The van der Waals surface area contributed by atoms with Gasteiger partial charge in [-0.2, -0.15) is 10.2 Å². The molecule has 1 aromatic carbocycles. The van der Waals surface area contributed by atoms with E-state index < -0.39 is 0 Å². The zero-order chi connectivity index (χ0) is 13.8. The number of aromatic nitrogens is 2. The lowest BCUT2D eigenvalue weighted by Gasteiger charge is -2.25. The van der Waals surface area contributed by atoms with E-state index in [1.165, 1.54) is 37.9 Å². The van der Waals surface area contributed by atoms with Crippen LogP contribution in [0.4, 0.5) is 0 Å².